The van der Waals surface area contributed by atoms with E-state index in [0.717, 1.165) is 12.1 Å². The Morgan fingerprint density at radius 3 is 2.52 bits per heavy atom. The Morgan fingerprint density at radius 1 is 0.952 bits per heavy atom. The Hall–Kier alpha value is -2.96. The van der Waals surface area contributed by atoms with Gasteiger partial charge in [-0.15, -0.1) is 0 Å². The third kappa shape index (κ3) is 2.53. The number of aromatic nitrogens is 2. The molecule has 5 nitrogen and oxygen atoms in total. The van der Waals surface area contributed by atoms with E-state index in [1.165, 1.54) is 18.2 Å². The Balaban J connectivity index is 2.05. The molecule has 0 saturated heterocycles. The molecule has 21 heavy (non-hydrogen) atoms. The number of fused-ring (bicyclic) bond motifs is 1. The van der Waals surface area contributed by atoms with Gasteiger partial charge in [-0.05, 0) is 30.3 Å². The average Bonchev–Trinajstić information content (AvgIpc) is 2.42. The molecule has 0 aliphatic carbocycles. The summed E-state index contributed by atoms with van der Waals surface area (Å²) in [7, 11) is 0. The summed E-state index contributed by atoms with van der Waals surface area (Å²) in [4.78, 5) is 27.3. The number of hydrogen-bond donors (Lipinski definition) is 2. The van der Waals surface area contributed by atoms with Gasteiger partial charge in [-0.1, -0.05) is 0 Å². The monoisotopic (exact) mass is 290 g/mol. The molecule has 0 atom stereocenters. The van der Waals surface area contributed by atoms with Gasteiger partial charge in [0.05, 0.1) is 10.9 Å². The van der Waals surface area contributed by atoms with Crippen LogP contribution in [-0.4, -0.2) is 9.97 Å². The van der Waals surface area contributed by atoms with Crippen molar-refractivity contribution in [3.05, 3.63) is 68.9 Å². The first kappa shape index (κ1) is 13.0. The second-order valence-corrected chi connectivity index (χ2v) is 4.29. The Morgan fingerprint density at radius 2 is 1.76 bits per heavy atom. The first-order valence-corrected chi connectivity index (χ1v) is 5.92. The van der Waals surface area contributed by atoms with Gasteiger partial charge in [0, 0.05) is 6.07 Å². The number of rotatable bonds is 2. The zero-order valence-corrected chi connectivity index (χ0v) is 10.4. The molecule has 0 radical (unpaired) electrons. The molecule has 0 saturated carbocycles. The van der Waals surface area contributed by atoms with Crippen LogP contribution >= 0.6 is 0 Å². The second kappa shape index (κ2) is 4.86. The van der Waals surface area contributed by atoms with E-state index in [9.17, 15) is 18.4 Å². The van der Waals surface area contributed by atoms with E-state index >= 15 is 0 Å². The molecule has 0 unspecified atom stereocenters. The molecule has 2 aromatic carbocycles. The number of nitrogens with one attached hydrogen (secondary N) is 2. The van der Waals surface area contributed by atoms with Crippen LogP contribution in [0.5, 0.6) is 11.5 Å². The summed E-state index contributed by atoms with van der Waals surface area (Å²) in [5.74, 6) is -1.56. The predicted octanol–water partition coefficient (Wildman–Crippen LogP) is 2.29. The van der Waals surface area contributed by atoms with Gasteiger partial charge in [0.2, 0.25) is 0 Å². The Labute approximate surface area is 115 Å². The van der Waals surface area contributed by atoms with E-state index in [2.05, 4.69) is 9.97 Å². The van der Waals surface area contributed by atoms with Crippen molar-refractivity contribution in [1.82, 2.24) is 9.97 Å². The molecule has 2 N–H and O–H groups in total. The summed E-state index contributed by atoms with van der Waals surface area (Å²) < 4.78 is 31.6. The van der Waals surface area contributed by atoms with Crippen molar-refractivity contribution in [2.75, 3.05) is 0 Å². The maximum atomic E-state index is 13.5. The quantitative estimate of drug-likeness (QED) is 0.760. The van der Waals surface area contributed by atoms with Gasteiger partial charge in [0.25, 0.3) is 5.56 Å². The summed E-state index contributed by atoms with van der Waals surface area (Å²) in [6, 6.07) is 7.17. The number of hydrogen-bond acceptors (Lipinski definition) is 3. The van der Waals surface area contributed by atoms with Gasteiger partial charge >= 0.3 is 5.69 Å². The average molecular weight is 290 g/mol. The van der Waals surface area contributed by atoms with Crippen LogP contribution in [-0.2, 0) is 0 Å². The van der Waals surface area contributed by atoms with E-state index in [0.29, 0.717) is 11.6 Å². The third-order valence-electron chi connectivity index (χ3n) is 2.83. The van der Waals surface area contributed by atoms with Crippen LogP contribution < -0.4 is 16.0 Å². The van der Waals surface area contributed by atoms with Crippen molar-refractivity contribution < 1.29 is 13.5 Å². The second-order valence-electron chi connectivity index (χ2n) is 4.29. The fourth-order valence-electron chi connectivity index (χ4n) is 1.89. The highest BCUT2D eigenvalue weighted by Gasteiger charge is 2.08. The molecule has 7 heteroatoms. The highest BCUT2D eigenvalue weighted by Crippen LogP contribution is 2.26. The molecule has 1 aromatic heterocycles. The number of ether oxygens (including phenoxy) is 1. The SMILES string of the molecule is O=c1[nH]c(=O)c2cc(Oc3ccc(F)cc3F)ccc2[nH]1. The molecule has 0 aliphatic heterocycles. The minimum Gasteiger partial charge on any atom is -0.454 e. The van der Waals surface area contributed by atoms with Crippen molar-refractivity contribution in [2.45, 2.75) is 0 Å². The molecule has 0 fully saturated rings. The Bertz CT molecular complexity index is 947. The zero-order chi connectivity index (χ0) is 15.0. The minimum absolute atomic E-state index is 0.170. The topological polar surface area (TPSA) is 74.9 Å². The molecule has 0 amide bonds. The lowest BCUT2D eigenvalue weighted by atomic mass is 10.2. The number of halogens is 2. The summed E-state index contributed by atoms with van der Waals surface area (Å²) in [6.07, 6.45) is 0. The lowest BCUT2D eigenvalue weighted by molar-refractivity contribution is 0.438. The van der Waals surface area contributed by atoms with E-state index < -0.39 is 22.9 Å². The van der Waals surface area contributed by atoms with Crippen LogP contribution in [0.25, 0.3) is 10.9 Å². The summed E-state index contributed by atoms with van der Waals surface area (Å²) in [5, 5.41) is 0.189. The fraction of sp³-hybridized carbons (Fsp3) is 0. The predicted molar refractivity (Wildman–Crippen MR) is 71.6 cm³/mol. The zero-order valence-electron chi connectivity index (χ0n) is 10.4. The van der Waals surface area contributed by atoms with E-state index in [1.807, 2.05) is 0 Å². The highest BCUT2D eigenvalue weighted by molar-refractivity contribution is 5.78. The van der Waals surface area contributed by atoms with E-state index in [4.69, 9.17) is 4.74 Å². The lowest BCUT2D eigenvalue weighted by Gasteiger charge is -2.07. The molecule has 1 heterocycles. The molecule has 3 aromatic rings. The minimum atomic E-state index is -0.856. The number of aromatic amines is 2. The van der Waals surface area contributed by atoms with E-state index in [-0.39, 0.29) is 16.9 Å². The third-order valence-corrected chi connectivity index (χ3v) is 2.83. The maximum absolute atomic E-state index is 13.5. The van der Waals surface area contributed by atoms with E-state index in [1.54, 1.807) is 0 Å². The van der Waals surface area contributed by atoms with Gasteiger partial charge < -0.3 is 9.72 Å². The smallest absolute Gasteiger partial charge is 0.326 e. The van der Waals surface area contributed by atoms with Crippen LogP contribution in [0.1, 0.15) is 0 Å². The van der Waals surface area contributed by atoms with Gasteiger partial charge in [-0.3, -0.25) is 9.78 Å². The van der Waals surface area contributed by atoms with Gasteiger partial charge in [-0.2, -0.15) is 0 Å². The summed E-state index contributed by atoms with van der Waals surface area (Å²) in [6.45, 7) is 0. The fourth-order valence-corrected chi connectivity index (χ4v) is 1.89. The Kier molecular flexibility index (Phi) is 3.02. The maximum Gasteiger partial charge on any atom is 0.326 e. The molecular weight excluding hydrogens is 282 g/mol. The molecule has 3 rings (SSSR count). The number of benzene rings is 2. The van der Waals surface area contributed by atoms with Crippen molar-refractivity contribution in [3.8, 4) is 11.5 Å². The van der Waals surface area contributed by atoms with Crippen LogP contribution in [0.4, 0.5) is 8.78 Å². The summed E-state index contributed by atoms with van der Waals surface area (Å²) >= 11 is 0. The first-order chi connectivity index (χ1) is 10.0. The normalized spacial score (nSPS) is 10.8. The molecule has 0 spiro atoms. The van der Waals surface area contributed by atoms with Crippen LogP contribution in [0, 0.1) is 11.6 Å². The molecule has 0 aliphatic rings. The van der Waals surface area contributed by atoms with Gasteiger partial charge in [-0.25, -0.2) is 13.6 Å². The van der Waals surface area contributed by atoms with Crippen LogP contribution in [0.2, 0.25) is 0 Å². The lowest BCUT2D eigenvalue weighted by Crippen LogP contribution is -2.21. The van der Waals surface area contributed by atoms with Crippen LogP contribution in [0.15, 0.2) is 46.0 Å². The van der Waals surface area contributed by atoms with Gasteiger partial charge in [0.15, 0.2) is 11.6 Å². The highest BCUT2D eigenvalue weighted by atomic mass is 19.1. The first-order valence-electron chi connectivity index (χ1n) is 5.92. The van der Waals surface area contributed by atoms with Gasteiger partial charge in [0.1, 0.15) is 11.6 Å². The largest absolute Gasteiger partial charge is 0.454 e. The molecular formula is C14H8F2N2O3. The molecule has 0 bridgehead atoms. The molecule has 106 valence electrons. The van der Waals surface area contributed by atoms with Crippen LogP contribution in [0.3, 0.4) is 0 Å². The van der Waals surface area contributed by atoms with Crippen molar-refractivity contribution in [2.24, 2.45) is 0 Å². The summed E-state index contributed by atoms with van der Waals surface area (Å²) in [5.41, 5.74) is -0.875. The standard InChI is InChI=1S/C14H8F2N2O3/c15-7-1-4-12(10(16)5-7)21-8-2-3-11-9(6-8)13(19)18-14(20)17-11/h1-6H,(H2,17,18,19,20). The van der Waals surface area contributed by atoms with Crippen molar-refractivity contribution >= 4 is 10.9 Å². The van der Waals surface area contributed by atoms with Crippen molar-refractivity contribution in [1.29, 1.82) is 0 Å². The number of H-pyrrole nitrogens is 2. The van der Waals surface area contributed by atoms with Crippen molar-refractivity contribution in [3.63, 3.8) is 0 Å².